The lowest BCUT2D eigenvalue weighted by molar-refractivity contribution is 0.179. The molecule has 0 aliphatic carbocycles. The lowest BCUT2D eigenvalue weighted by Gasteiger charge is -2.28. The quantitative estimate of drug-likeness (QED) is 0.883. The fourth-order valence-corrected chi connectivity index (χ4v) is 2.92. The van der Waals surface area contributed by atoms with E-state index in [-0.39, 0.29) is 12.8 Å². The second-order valence-electron chi connectivity index (χ2n) is 5.98. The second-order valence-corrected chi connectivity index (χ2v) is 5.98. The van der Waals surface area contributed by atoms with Crippen LogP contribution in [0.15, 0.2) is 42.5 Å². The molecule has 0 aromatic heterocycles. The third-order valence-corrected chi connectivity index (χ3v) is 4.20. The Morgan fingerprint density at radius 2 is 1.96 bits per heavy atom. The fraction of sp³-hybridized carbons (Fsp3) is 0.316. The van der Waals surface area contributed by atoms with Crippen molar-refractivity contribution in [3.63, 3.8) is 0 Å². The number of nitrogens with zero attached hydrogens (tertiary/aromatic N) is 1. The van der Waals surface area contributed by atoms with E-state index >= 15 is 0 Å². The van der Waals surface area contributed by atoms with Crippen molar-refractivity contribution in [2.75, 3.05) is 13.3 Å². The number of rotatable bonds is 3. The lowest BCUT2D eigenvalue weighted by atomic mass is 10.0. The van der Waals surface area contributed by atoms with Gasteiger partial charge in [0.2, 0.25) is 0 Å². The maximum absolute atomic E-state index is 12.3. The number of aryl methyl sites for hydroxylation is 2. The zero-order valence-electron chi connectivity index (χ0n) is 13.6. The van der Waals surface area contributed by atoms with Gasteiger partial charge in [0, 0.05) is 13.1 Å². The van der Waals surface area contributed by atoms with Gasteiger partial charge in [0.05, 0.1) is 0 Å². The van der Waals surface area contributed by atoms with Crippen LogP contribution in [0.4, 0.5) is 4.79 Å². The highest BCUT2D eigenvalue weighted by Crippen LogP contribution is 2.19. The van der Waals surface area contributed by atoms with Gasteiger partial charge < -0.3 is 15.0 Å². The number of fused-ring (bicyclic) bond motifs is 1. The smallest absolute Gasteiger partial charge is 0.320 e. The normalized spacial score (nSPS) is 13.4. The van der Waals surface area contributed by atoms with Crippen molar-refractivity contribution in [2.45, 2.75) is 26.8 Å². The van der Waals surface area contributed by atoms with Crippen LogP contribution in [-0.4, -0.2) is 24.2 Å². The van der Waals surface area contributed by atoms with E-state index in [1.54, 1.807) is 0 Å². The largest absolute Gasteiger partial charge is 0.473 e. The molecule has 3 rings (SSSR count). The van der Waals surface area contributed by atoms with Crippen molar-refractivity contribution in [3.05, 3.63) is 64.7 Å². The Hall–Kier alpha value is -2.49. The minimum Gasteiger partial charge on any atom is -0.473 e. The predicted molar refractivity (Wildman–Crippen MR) is 90.5 cm³/mol. The minimum atomic E-state index is -0.0794. The maximum atomic E-state index is 12.3. The predicted octanol–water partition coefficient (Wildman–Crippen LogP) is 3.41. The molecule has 1 heterocycles. The number of ether oxygens (including phenoxy) is 1. The Kier molecular flexibility index (Phi) is 4.51. The molecule has 0 atom stereocenters. The zero-order valence-corrected chi connectivity index (χ0v) is 13.6. The van der Waals surface area contributed by atoms with Crippen LogP contribution in [0, 0.1) is 13.8 Å². The van der Waals surface area contributed by atoms with Gasteiger partial charge in [0.15, 0.2) is 6.73 Å². The van der Waals surface area contributed by atoms with E-state index in [1.807, 2.05) is 43.0 Å². The second kappa shape index (κ2) is 6.73. The molecule has 0 saturated carbocycles. The third kappa shape index (κ3) is 3.65. The van der Waals surface area contributed by atoms with Crippen molar-refractivity contribution in [1.29, 1.82) is 0 Å². The number of benzene rings is 2. The number of hydrogen-bond donors (Lipinski definition) is 1. The molecule has 0 saturated heterocycles. The highest BCUT2D eigenvalue weighted by atomic mass is 16.5. The number of amides is 2. The molecule has 1 aliphatic rings. The van der Waals surface area contributed by atoms with Crippen LogP contribution in [0.5, 0.6) is 5.75 Å². The summed E-state index contributed by atoms with van der Waals surface area (Å²) in [5.74, 6) is 0.805. The van der Waals surface area contributed by atoms with Gasteiger partial charge in [0.1, 0.15) is 5.75 Å². The van der Waals surface area contributed by atoms with Gasteiger partial charge in [-0.2, -0.15) is 0 Å². The minimum absolute atomic E-state index is 0.0794. The molecule has 2 amide bonds. The summed E-state index contributed by atoms with van der Waals surface area (Å²) in [6.45, 7) is 5.64. The average Bonchev–Trinajstić information content (AvgIpc) is 2.56. The van der Waals surface area contributed by atoms with Crippen molar-refractivity contribution in [1.82, 2.24) is 10.2 Å². The Morgan fingerprint density at radius 3 is 2.74 bits per heavy atom. The molecule has 0 radical (unpaired) electrons. The summed E-state index contributed by atoms with van der Waals surface area (Å²) in [7, 11) is 0. The van der Waals surface area contributed by atoms with E-state index in [1.165, 1.54) is 16.7 Å². The van der Waals surface area contributed by atoms with Crippen molar-refractivity contribution in [3.8, 4) is 5.75 Å². The van der Waals surface area contributed by atoms with Gasteiger partial charge in [-0.05, 0) is 43.0 Å². The van der Waals surface area contributed by atoms with E-state index < -0.39 is 0 Å². The molecule has 2 aromatic carbocycles. The summed E-state index contributed by atoms with van der Waals surface area (Å²) >= 11 is 0. The van der Waals surface area contributed by atoms with Crippen LogP contribution in [0.1, 0.15) is 22.3 Å². The van der Waals surface area contributed by atoms with E-state index in [9.17, 15) is 4.79 Å². The number of urea groups is 1. The monoisotopic (exact) mass is 310 g/mol. The van der Waals surface area contributed by atoms with E-state index in [4.69, 9.17) is 4.74 Å². The van der Waals surface area contributed by atoms with Crippen LogP contribution in [0.3, 0.4) is 0 Å². The highest BCUT2D eigenvalue weighted by molar-refractivity contribution is 5.74. The van der Waals surface area contributed by atoms with Crippen LogP contribution >= 0.6 is 0 Å². The summed E-state index contributed by atoms with van der Waals surface area (Å²) in [5, 5.41) is 2.84. The van der Waals surface area contributed by atoms with Gasteiger partial charge in [-0.25, -0.2) is 4.79 Å². The van der Waals surface area contributed by atoms with Gasteiger partial charge >= 0.3 is 6.03 Å². The summed E-state index contributed by atoms with van der Waals surface area (Å²) in [4.78, 5) is 14.1. The molecule has 0 bridgehead atoms. The lowest BCUT2D eigenvalue weighted by Crippen LogP contribution is -2.43. The van der Waals surface area contributed by atoms with Gasteiger partial charge in [0.25, 0.3) is 0 Å². The third-order valence-electron chi connectivity index (χ3n) is 4.20. The van der Waals surface area contributed by atoms with Crippen molar-refractivity contribution >= 4 is 6.03 Å². The Morgan fingerprint density at radius 1 is 1.17 bits per heavy atom. The first-order chi connectivity index (χ1) is 11.1. The van der Waals surface area contributed by atoms with Crippen LogP contribution in [0.2, 0.25) is 0 Å². The first-order valence-electron chi connectivity index (χ1n) is 7.93. The van der Waals surface area contributed by atoms with Crippen LogP contribution < -0.4 is 10.1 Å². The number of nitrogens with one attached hydrogen (secondary N) is 1. The van der Waals surface area contributed by atoms with E-state index in [0.717, 1.165) is 24.3 Å². The molecule has 4 heteroatoms. The molecular formula is C19H22N2O2. The first-order valence-corrected chi connectivity index (χ1v) is 7.93. The van der Waals surface area contributed by atoms with E-state index in [2.05, 4.69) is 23.5 Å². The van der Waals surface area contributed by atoms with Crippen molar-refractivity contribution in [2.24, 2.45) is 0 Å². The zero-order chi connectivity index (χ0) is 16.2. The summed E-state index contributed by atoms with van der Waals surface area (Å²) in [6, 6.07) is 14.2. The Balaban J connectivity index is 1.52. The average molecular weight is 310 g/mol. The van der Waals surface area contributed by atoms with Gasteiger partial charge in [-0.3, -0.25) is 0 Å². The maximum Gasteiger partial charge on any atom is 0.320 e. The Labute approximate surface area is 137 Å². The van der Waals surface area contributed by atoms with Crippen molar-refractivity contribution < 1.29 is 9.53 Å². The molecule has 120 valence electrons. The molecule has 1 N–H and O–H groups in total. The molecule has 0 fully saturated rings. The Bertz CT molecular complexity index is 712. The molecule has 4 nitrogen and oxygen atoms in total. The number of carbonyl (C=O) groups is 1. The molecule has 1 aliphatic heterocycles. The number of hydrogen-bond acceptors (Lipinski definition) is 2. The van der Waals surface area contributed by atoms with E-state index in [0.29, 0.717) is 6.54 Å². The fourth-order valence-electron chi connectivity index (χ4n) is 2.92. The molecule has 2 aromatic rings. The topological polar surface area (TPSA) is 41.6 Å². The highest BCUT2D eigenvalue weighted by Gasteiger charge is 2.19. The summed E-state index contributed by atoms with van der Waals surface area (Å²) in [6.07, 6.45) is 0.904. The van der Waals surface area contributed by atoms with Gasteiger partial charge in [-0.1, -0.05) is 42.0 Å². The summed E-state index contributed by atoms with van der Waals surface area (Å²) in [5.41, 5.74) is 4.84. The molecule has 23 heavy (non-hydrogen) atoms. The van der Waals surface area contributed by atoms with Gasteiger partial charge in [-0.15, -0.1) is 0 Å². The SMILES string of the molecule is Cc1ccc(OCNC(=O)N2CCc3ccccc3C2)c(C)c1. The van der Waals surface area contributed by atoms with Crippen LogP contribution in [0.25, 0.3) is 0 Å². The standard InChI is InChI=1S/C19H22N2O2/c1-14-7-8-18(15(2)11-14)23-13-20-19(22)21-10-9-16-5-3-4-6-17(16)12-21/h3-8,11H,9-10,12-13H2,1-2H3,(H,20,22). The molecular weight excluding hydrogens is 288 g/mol. The summed E-state index contributed by atoms with van der Waals surface area (Å²) < 4.78 is 5.66. The molecule has 0 unspecified atom stereocenters. The molecule has 0 spiro atoms. The first kappa shape index (κ1) is 15.4. The van der Waals surface area contributed by atoms with Crippen LogP contribution in [-0.2, 0) is 13.0 Å². The number of carbonyl (C=O) groups excluding carboxylic acids is 1.